The van der Waals surface area contributed by atoms with Crippen LogP contribution in [0.4, 0.5) is 10.1 Å². The Bertz CT molecular complexity index is 914. The molecule has 2 N–H and O–H groups in total. The van der Waals surface area contributed by atoms with E-state index in [2.05, 4.69) is 10.3 Å². The van der Waals surface area contributed by atoms with Crippen LogP contribution in [0.1, 0.15) is 15.9 Å². The largest absolute Gasteiger partial charge is 0.322 e. The number of pyridine rings is 1. The van der Waals surface area contributed by atoms with Crippen molar-refractivity contribution < 1.29 is 9.18 Å². The lowest BCUT2D eigenvalue weighted by Crippen LogP contribution is -2.25. The Kier molecular flexibility index (Phi) is 3.47. The topological polar surface area (TPSA) is 62.0 Å². The molecule has 0 aliphatic heterocycles. The lowest BCUT2D eigenvalue weighted by molar-refractivity contribution is 0.102. The first-order valence-electron chi connectivity index (χ1n) is 6.75. The SMILES string of the molecule is Cc1c(C(=O)Nc2ccc(F)cc2)c(=O)[nH]c2ccccc12. The van der Waals surface area contributed by atoms with Crippen LogP contribution in [0.15, 0.2) is 53.3 Å². The van der Waals surface area contributed by atoms with Gasteiger partial charge in [0.25, 0.3) is 11.5 Å². The van der Waals surface area contributed by atoms with E-state index in [1.165, 1.54) is 24.3 Å². The van der Waals surface area contributed by atoms with Crippen molar-refractivity contribution in [3.8, 4) is 0 Å². The quantitative estimate of drug-likeness (QED) is 0.762. The molecule has 0 aliphatic rings. The molecule has 3 aromatic rings. The average Bonchev–Trinajstić information content (AvgIpc) is 2.49. The second kappa shape index (κ2) is 5.44. The van der Waals surface area contributed by atoms with Crippen LogP contribution in [-0.4, -0.2) is 10.9 Å². The summed E-state index contributed by atoms with van der Waals surface area (Å²) in [5.74, 6) is -0.908. The van der Waals surface area contributed by atoms with Crippen molar-refractivity contribution in [2.45, 2.75) is 6.92 Å². The fourth-order valence-corrected chi connectivity index (χ4v) is 2.41. The summed E-state index contributed by atoms with van der Waals surface area (Å²) in [7, 11) is 0. The number of aromatic amines is 1. The molecule has 0 spiro atoms. The number of aryl methyl sites for hydroxylation is 1. The number of carbonyl (C=O) groups is 1. The maximum absolute atomic E-state index is 12.9. The molecule has 0 saturated carbocycles. The van der Waals surface area contributed by atoms with Crippen molar-refractivity contribution in [1.29, 1.82) is 0 Å². The molecule has 0 saturated heterocycles. The first-order chi connectivity index (χ1) is 10.6. The predicted octanol–water partition coefficient (Wildman–Crippen LogP) is 3.23. The minimum Gasteiger partial charge on any atom is -0.322 e. The Hall–Kier alpha value is -2.95. The predicted molar refractivity (Wildman–Crippen MR) is 83.7 cm³/mol. The van der Waals surface area contributed by atoms with E-state index in [1.54, 1.807) is 13.0 Å². The number of nitrogens with one attached hydrogen (secondary N) is 2. The van der Waals surface area contributed by atoms with Crippen molar-refractivity contribution in [3.05, 3.63) is 75.8 Å². The fourth-order valence-electron chi connectivity index (χ4n) is 2.41. The van der Waals surface area contributed by atoms with Gasteiger partial charge >= 0.3 is 0 Å². The van der Waals surface area contributed by atoms with Gasteiger partial charge in [-0.2, -0.15) is 0 Å². The second-order valence-electron chi connectivity index (χ2n) is 4.96. The van der Waals surface area contributed by atoms with Gasteiger partial charge in [-0.1, -0.05) is 18.2 Å². The molecule has 0 radical (unpaired) electrons. The zero-order valence-electron chi connectivity index (χ0n) is 11.8. The smallest absolute Gasteiger partial charge is 0.261 e. The van der Waals surface area contributed by atoms with E-state index in [1.807, 2.05) is 18.2 Å². The van der Waals surface area contributed by atoms with Gasteiger partial charge < -0.3 is 10.3 Å². The minimum atomic E-state index is -0.517. The van der Waals surface area contributed by atoms with E-state index in [9.17, 15) is 14.0 Å². The second-order valence-corrected chi connectivity index (χ2v) is 4.96. The number of hydrogen-bond donors (Lipinski definition) is 2. The Morgan fingerprint density at radius 1 is 1.09 bits per heavy atom. The first kappa shape index (κ1) is 14.0. The minimum absolute atomic E-state index is 0.0584. The molecular formula is C17H13FN2O2. The summed E-state index contributed by atoms with van der Waals surface area (Å²) in [6, 6.07) is 12.7. The van der Waals surface area contributed by atoms with Gasteiger partial charge in [0.05, 0.1) is 0 Å². The summed E-state index contributed by atoms with van der Waals surface area (Å²) in [4.78, 5) is 27.2. The molecule has 22 heavy (non-hydrogen) atoms. The summed E-state index contributed by atoms with van der Waals surface area (Å²) >= 11 is 0. The first-order valence-corrected chi connectivity index (χ1v) is 6.75. The Balaban J connectivity index is 2.04. The number of para-hydroxylation sites is 1. The molecular weight excluding hydrogens is 283 g/mol. The number of hydrogen-bond acceptors (Lipinski definition) is 2. The zero-order chi connectivity index (χ0) is 15.7. The molecule has 1 heterocycles. The summed E-state index contributed by atoms with van der Waals surface area (Å²) in [6.45, 7) is 1.73. The Labute approximate surface area is 125 Å². The van der Waals surface area contributed by atoms with E-state index in [0.29, 0.717) is 16.8 Å². The van der Waals surface area contributed by atoms with Crippen LogP contribution in [0.5, 0.6) is 0 Å². The van der Waals surface area contributed by atoms with Gasteiger partial charge in [0.2, 0.25) is 0 Å². The van der Waals surface area contributed by atoms with Crippen LogP contribution in [0.3, 0.4) is 0 Å². The third-order valence-electron chi connectivity index (χ3n) is 3.51. The Morgan fingerprint density at radius 3 is 2.50 bits per heavy atom. The van der Waals surface area contributed by atoms with Gasteiger partial charge in [-0.25, -0.2) is 4.39 Å². The third kappa shape index (κ3) is 2.48. The number of benzene rings is 2. The van der Waals surface area contributed by atoms with Crippen molar-refractivity contribution in [3.63, 3.8) is 0 Å². The summed E-state index contributed by atoms with van der Waals surface area (Å²) < 4.78 is 12.9. The number of H-pyrrole nitrogens is 1. The van der Waals surface area contributed by atoms with Crippen LogP contribution in [0.25, 0.3) is 10.9 Å². The van der Waals surface area contributed by atoms with Crippen LogP contribution in [-0.2, 0) is 0 Å². The molecule has 0 unspecified atom stereocenters. The normalized spacial score (nSPS) is 10.6. The standard InChI is InChI=1S/C17H13FN2O2/c1-10-13-4-2-3-5-14(13)20-17(22)15(10)16(21)19-12-8-6-11(18)7-9-12/h2-9H,1H3,(H,19,21)(H,20,22). The highest BCUT2D eigenvalue weighted by Gasteiger charge is 2.16. The molecule has 3 rings (SSSR count). The molecule has 5 heteroatoms. The van der Waals surface area contributed by atoms with Gasteiger partial charge in [-0.3, -0.25) is 9.59 Å². The maximum Gasteiger partial charge on any atom is 0.261 e. The molecule has 1 amide bonds. The van der Waals surface area contributed by atoms with Crippen molar-refractivity contribution >= 4 is 22.5 Å². The van der Waals surface area contributed by atoms with Gasteiger partial charge in [0.1, 0.15) is 11.4 Å². The van der Waals surface area contributed by atoms with E-state index >= 15 is 0 Å². The summed E-state index contributed by atoms with van der Waals surface area (Å²) in [6.07, 6.45) is 0. The van der Waals surface area contributed by atoms with Crippen LogP contribution >= 0.6 is 0 Å². The third-order valence-corrected chi connectivity index (χ3v) is 3.51. The van der Waals surface area contributed by atoms with E-state index in [-0.39, 0.29) is 5.56 Å². The van der Waals surface area contributed by atoms with Gasteiger partial charge in [-0.05, 0) is 42.8 Å². The summed E-state index contributed by atoms with van der Waals surface area (Å²) in [5, 5.41) is 3.42. The lowest BCUT2D eigenvalue weighted by atomic mass is 10.0. The molecule has 2 aromatic carbocycles. The van der Waals surface area contributed by atoms with E-state index in [4.69, 9.17) is 0 Å². The fraction of sp³-hybridized carbons (Fsp3) is 0.0588. The van der Waals surface area contributed by atoms with Gasteiger partial charge in [0.15, 0.2) is 0 Å². The molecule has 0 atom stereocenters. The molecule has 4 nitrogen and oxygen atoms in total. The van der Waals surface area contributed by atoms with Gasteiger partial charge in [-0.15, -0.1) is 0 Å². The van der Waals surface area contributed by atoms with Crippen molar-refractivity contribution in [2.24, 2.45) is 0 Å². The number of halogens is 1. The van der Waals surface area contributed by atoms with Crippen LogP contribution in [0.2, 0.25) is 0 Å². The molecule has 0 aliphatic carbocycles. The highest BCUT2D eigenvalue weighted by Crippen LogP contribution is 2.18. The van der Waals surface area contributed by atoms with E-state index < -0.39 is 17.3 Å². The zero-order valence-corrected chi connectivity index (χ0v) is 11.8. The number of fused-ring (bicyclic) bond motifs is 1. The monoisotopic (exact) mass is 296 g/mol. The van der Waals surface area contributed by atoms with Gasteiger partial charge in [0, 0.05) is 16.6 Å². The van der Waals surface area contributed by atoms with Crippen LogP contribution in [0, 0.1) is 12.7 Å². The molecule has 0 bridgehead atoms. The van der Waals surface area contributed by atoms with Crippen molar-refractivity contribution in [2.75, 3.05) is 5.32 Å². The van der Waals surface area contributed by atoms with Crippen LogP contribution < -0.4 is 10.9 Å². The molecule has 1 aromatic heterocycles. The Morgan fingerprint density at radius 2 is 1.77 bits per heavy atom. The molecule has 0 fully saturated rings. The number of amides is 1. The van der Waals surface area contributed by atoms with Crippen molar-refractivity contribution in [1.82, 2.24) is 4.98 Å². The highest BCUT2D eigenvalue weighted by molar-refractivity contribution is 6.07. The molecule has 110 valence electrons. The number of carbonyl (C=O) groups excluding carboxylic acids is 1. The number of aromatic nitrogens is 1. The number of rotatable bonds is 2. The lowest BCUT2D eigenvalue weighted by Gasteiger charge is -2.09. The average molecular weight is 296 g/mol. The maximum atomic E-state index is 12.9. The van der Waals surface area contributed by atoms with E-state index in [0.717, 1.165) is 5.39 Å². The summed E-state index contributed by atoms with van der Waals surface area (Å²) in [5.41, 5.74) is 1.33. The number of anilines is 1. The highest BCUT2D eigenvalue weighted by atomic mass is 19.1.